The van der Waals surface area contributed by atoms with Crippen LogP contribution in [0.4, 0.5) is 0 Å². The third kappa shape index (κ3) is 3.64. The van der Waals surface area contributed by atoms with Crippen LogP contribution in [-0.2, 0) is 24.4 Å². The number of aromatic nitrogens is 4. The largest absolute Gasteiger partial charge is 0.341 e. The van der Waals surface area contributed by atoms with E-state index in [2.05, 4.69) is 24.0 Å². The van der Waals surface area contributed by atoms with Crippen molar-refractivity contribution in [1.82, 2.24) is 24.5 Å². The molecule has 2 aromatic rings. The Balaban J connectivity index is 2.00. The van der Waals surface area contributed by atoms with Crippen molar-refractivity contribution >= 4 is 17.5 Å². The van der Waals surface area contributed by atoms with Gasteiger partial charge in [-0.1, -0.05) is 11.6 Å². The molecule has 0 N–H and O–H groups in total. The minimum absolute atomic E-state index is 0.0849. The van der Waals surface area contributed by atoms with Crippen molar-refractivity contribution in [1.29, 1.82) is 0 Å². The van der Waals surface area contributed by atoms with Gasteiger partial charge in [-0.3, -0.25) is 14.2 Å². The second-order valence-electron chi connectivity index (χ2n) is 6.17. The summed E-state index contributed by atoms with van der Waals surface area (Å²) in [5.41, 5.74) is 4.94. The fourth-order valence-electron chi connectivity index (χ4n) is 2.88. The molecule has 0 aromatic carbocycles. The number of rotatable bonds is 6. The molecule has 0 aliphatic heterocycles. The number of carbonyl (C=O) groups is 1. The summed E-state index contributed by atoms with van der Waals surface area (Å²) in [7, 11) is 1.83. The van der Waals surface area contributed by atoms with Gasteiger partial charge >= 0.3 is 0 Å². The molecule has 0 unspecified atom stereocenters. The van der Waals surface area contributed by atoms with Gasteiger partial charge in [0.15, 0.2) is 0 Å². The number of amides is 1. The van der Waals surface area contributed by atoms with E-state index >= 15 is 0 Å². The molecule has 6 nitrogen and oxygen atoms in total. The molecule has 0 aliphatic carbocycles. The monoisotopic (exact) mass is 351 g/mol. The third-order valence-corrected chi connectivity index (χ3v) is 5.03. The second kappa shape index (κ2) is 7.38. The van der Waals surface area contributed by atoms with Gasteiger partial charge in [0.25, 0.3) is 0 Å². The van der Waals surface area contributed by atoms with Gasteiger partial charge in [-0.25, -0.2) is 0 Å². The van der Waals surface area contributed by atoms with Gasteiger partial charge in [0.1, 0.15) is 0 Å². The molecule has 0 spiro atoms. The number of hydrogen-bond donors (Lipinski definition) is 0. The average molecular weight is 352 g/mol. The zero-order valence-electron chi connectivity index (χ0n) is 15.4. The molecule has 132 valence electrons. The van der Waals surface area contributed by atoms with Crippen molar-refractivity contribution in [3.8, 4) is 0 Å². The first-order chi connectivity index (χ1) is 11.3. The summed E-state index contributed by atoms with van der Waals surface area (Å²) in [6.07, 6.45) is 0.398. The van der Waals surface area contributed by atoms with Crippen molar-refractivity contribution < 1.29 is 4.79 Å². The average Bonchev–Trinajstić information content (AvgIpc) is 2.96. The fraction of sp³-hybridized carbons (Fsp3) is 0.588. The Morgan fingerprint density at radius 2 is 1.71 bits per heavy atom. The predicted molar refractivity (Wildman–Crippen MR) is 95.2 cm³/mol. The molecule has 0 radical (unpaired) electrons. The maximum Gasteiger partial charge on any atom is 0.224 e. The van der Waals surface area contributed by atoms with Crippen LogP contribution in [0, 0.1) is 27.7 Å². The van der Waals surface area contributed by atoms with Gasteiger partial charge in [0.2, 0.25) is 5.91 Å². The summed E-state index contributed by atoms with van der Waals surface area (Å²) in [4.78, 5) is 14.2. The highest BCUT2D eigenvalue weighted by Crippen LogP contribution is 2.19. The van der Waals surface area contributed by atoms with Crippen LogP contribution in [0.5, 0.6) is 0 Å². The van der Waals surface area contributed by atoms with Crippen LogP contribution < -0.4 is 0 Å². The van der Waals surface area contributed by atoms with Gasteiger partial charge in [0, 0.05) is 37.8 Å². The van der Waals surface area contributed by atoms with Crippen LogP contribution in [0.2, 0.25) is 5.02 Å². The Morgan fingerprint density at radius 1 is 1.08 bits per heavy atom. The van der Waals surface area contributed by atoms with Crippen LogP contribution in [-0.4, -0.2) is 37.4 Å². The standard InChI is InChI=1S/C17H26ClN5O/c1-7-22-13(4)15(11(2)19-22)10-21(6)16(24)8-9-23-14(5)17(18)12(3)20-23/h7-10H2,1-6H3. The molecule has 0 fully saturated rings. The SMILES string of the molecule is CCn1nc(C)c(CN(C)C(=O)CCn2nc(C)c(Cl)c2C)c1C. The molecule has 1 amide bonds. The molecule has 2 aromatic heterocycles. The first-order valence-corrected chi connectivity index (χ1v) is 8.60. The van der Waals surface area contributed by atoms with Gasteiger partial charge in [-0.05, 0) is 34.6 Å². The lowest BCUT2D eigenvalue weighted by Gasteiger charge is -2.18. The van der Waals surface area contributed by atoms with Crippen molar-refractivity contribution in [3.63, 3.8) is 0 Å². The highest BCUT2D eigenvalue weighted by atomic mass is 35.5. The van der Waals surface area contributed by atoms with E-state index in [1.807, 2.05) is 32.5 Å². The maximum atomic E-state index is 12.4. The molecule has 7 heteroatoms. The Kier molecular flexibility index (Phi) is 5.70. The summed E-state index contributed by atoms with van der Waals surface area (Å²) >= 11 is 6.15. The summed E-state index contributed by atoms with van der Waals surface area (Å²) < 4.78 is 3.77. The first-order valence-electron chi connectivity index (χ1n) is 8.22. The van der Waals surface area contributed by atoms with E-state index in [9.17, 15) is 4.79 Å². The molecular formula is C17H26ClN5O. The molecule has 0 atom stereocenters. The van der Waals surface area contributed by atoms with Crippen molar-refractivity contribution in [3.05, 3.63) is 33.4 Å². The minimum Gasteiger partial charge on any atom is -0.341 e. The Bertz CT molecular complexity index is 747. The van der Waals surface area contributed by atoms with Crippen molar-refractivity contribution in [2.45, 2.75) is 60.7 Å². The maximum absolute atomic E-state index is 12.4. The first kappa shape index (κ1) is 18.5. The van der Waals surface area contributed by atoms with E-state index < -0.39 is 0 Å². The van der Waals surface area contributed by atoms with Crippen LogP contribution in [0.1, 0.15) is 41.7 Å². The van der Waals surface area contributed by atoms with E-state index in [1.165, 1.54) is 0 Å². The summed E-state index contributed by atoms with van der Waals surface area (Å²) in [5.74, 6) is 0.0849. The number of hydrogen-bond acceptors (Lipinski definition) is 3. The zero-order valence-corrected chi connectivity index (χ0v) is 16.1. The molecule has 2 rings (SSSR count). The summed E-state index contributed by atoms with van der Waals surface area (Å²) in [6.45, 7) is 11.8. The lowest BCUT2D eigenvalue weighted by molar-refractivity contribution is -0.130. The third-order valence-electron chi connectivity index (χ3n) is 4.48. The number of carbonyl (C=O) groups excluding carboxylic acids is 1. The van der Waals surface area contributed by atoms with Gasteiger partial charge in [-0.2, -0.15) is 10.2 Å². The highest BCUT2D eigenvalue weighted by Gasteiger charge is 2.17. The van der Waals surface area contributed by atoms with E-state index in [4.69, 9.17) is 11.6 Å². The van der Waals surface area contributed by atoms with Crippen LogP contribution in [0.15, 0.2) is 0 Å². The zero-order chi connectivity index (χ0) is 18.0. The van der Waals surface area contributed by atoms with Crippen molar-refractivity contribution in [2.75, 3.05) is 7.05 Å². The quantitative estimate of drug-likeness (QED) is 0.803. The molecule has 2 heterocycles. The Hall–Kier alpha value is -1.82. The minimum atomic E-state index is 0.0849. The molecule has 24 heavy (non-hydrogen) atoms. The molecule has 0 bridgehead atoms. The molecule has 0 aliphatic rings. The van der Waals surface area contributed by atoms with E-state index in [0.717, 1.165) is 34.9 Å². The van der Waals surface area contributed by atoms with Gasteiger partial charge in [-0.15, -0.1) is 0 Å². The van der Waals surface area contributed by atoms with E-state index in [0.29, 0.717) is 24.5 Å². The number of aryl methyl sites for hydroxylation is 4. The van der Waals surface area contributed by atoms with Crippen LogP contribution in [0.25, 0.3) is 0 Å². The second-order valence-corrected chi connectivity index (χ2v) is 6.55. The fourth-order valence-corrected chi connectivity index (χ4v) is 3.02. The lowest BCUT2D eigenvalue weighted by Crippen LogP contribution is -2.27. The Labute approximate surface area is 148 Å². The molecule has 0 saturated carbocycles. The summed E-state index contributed by atoms with van der Waals surface area (Å²) in [5, 5.41) is 9.55. The van der Waals surface area contributed by atoms with E-state index in [-0.39, 0.29) is 5.91 Å². The summed E-state index contributed by atoms with van der Waals surface area (Å²) in [6, 6.07) is 0. The van der Waals surface area contributed by atoms with Crippen LogP contribution in [0.3, 0.4) is 0 Å². The lowest BCUT2D eigenvalue weighted by atomic mass is 10.2. The smallest absolute Gasteiger partial charge is 0.224 e. The Morgan fingerprint density at radius 3 is 2.21 bits per heavy atom. The normalized spacial score (nSPS) is 11.1. The topological polar surface area (TPSA) is 56.0 Å². The van der Waals surface area contributed by atoms with Gasteiger partial charge in [0.05, 0.1) is 28.6 Å². The molecule has 0 saturated heterocycles. The number of halogens is 1. The van der Waals surface area contributed by atoms with Crippen molar-refractivity contribution in [2.24, 2.45) is 0 Å². The predicted octanol–water partition coefficient (Wildman–Crippen LogP) is 3.04. The molecular weight excluding hydrogens is 326 g/mol. The van der Waals surface area contributed by atoms with E-state index in [1.54, 1.807) is 9.58 Å². The number of nitrogens with zero attached hydrogens (tertiary/aromatic N) is 5. The van der Waals surface area contributed by atoms with Gasteiger partial charge < -0.3 is 4.90 Å². The highest BCUT2D eigenvalue weighted by molar-refractivity contribution is 6.31. The van der Waals surface area contributed by atoms with Crippen LogP contribution >= 0.6 is 11.6 Å².